The van der Waals surface area contributed by atoms with E-state index in [1.54, 1.807) is 12.1 Å². The molecule has 1 rings (SSSR count). The van der Waals surface area contributed by atoms with Gasteiger partial charge in [-0.05, 0) is 12.0 Å². The average molecular weight is 306 g/mol. The zero-order valence-corrected chi connectivity index (χ0v) is 12.8. The zero-order valence-electron chi connectivity index (χ0n) is 12.8. The number of nitrogens with one attached hydrogen (secondary N) is 2. The summed E-state index contributed by atoms with van der Waals surface area (Å²) in [5, 5.41) is 14.3. The molecule has 0 saturated heterocycles. The number of carbonyl (C=O) groups excluding carboxylic acids is 2. The minimum atomic E-state index is -1.10. The molecule has 0 fully saturated rings. The molecule has 1 aromatic carbocycles. The summed E-state index contributed by atoms with van der Waals surface area (Å²) < 4.78 is 0. The summed E-state index contributed by atoms with van der Waals surface area (Å²) in [7, 11) is 0. The van der Waals surface area contributed by atoms with Gasteiger partial charge in [0.05, 0.1) is 0 Å². The summed E-state index contributed by atoms with van der Waals surface area (Å²) >= 11 is 0. The molecule has 3 N–H and O–H groups in total. The Morgan fingerprint density at radius 3 is 2.23 bits per heavy atom. The van der Waals surface area contributed by atoms with Crippen molar-refractivity contribution >= 4 is 17.8 Å². The molecular weight excluding hydrogens is 284 g/mol. The lowest BCUT2D eigenvalue weighted by Gasteiger charge is -2.20. The van der Waals surface area contributed by atoms with E-state index in [4.69, 9.17) is 0 Å². The van der Waals surface area contributed by atoms with Crippen LogP contribution in [0.3, 0.4) is 0 Å². The number of benzene rings is 1. The van der Waals surface area contributed by atoms with Crippen molar-refractivity contribution in [1.82, 2.24) is 10.6 Å². The van der Waals surface area contributed by atoms with Crippen LogP contribution in [0.2, 0.25) is 0 Å². The van der Waals surface area contributed by atoms with E-state index >= 15 is 0 Å². The molecule has 120 valence electrons. The minimum Gasteiger partial charge on any atom is -0.480 e. The summed E-state index contributed by atoms with van der Waals surface area (Å²) in [6.07, 6.45) is 1.36. The molecule has 22 heavy (non-hydrogen) atoms. The Morgan fingerprint density at radius 2 is 1.73 bits per heavy atom. The fraction of sp³-hybridized carbons (Fsp3) is 0.438. The minimum absolute atomic E-state index is 0.195. The van der Waals surface area contributed by atoms with Crippen LogP contribution in [0.5, 0.6) is 0 Å². The van der Waals surface area contributed by atoms with Gasteiger partial charge in [-0.15, -0.1) is 0 Å². The van der Waals surface area contributed by atoms with Crippen LogP contribution < -0.4 is 10.6 Å². The van der Waals surface area contributed by atoms with Gasteiger partial charge in [0.15, 0.2) is 0 Å². The molecule has 2 amide bonds. The summed E-state index contributed by atoms with van der Waals surface area (Å²) in [6.45, 7) is 3.22. The molecule has 0 unspecified atom stereocenters. The van der Waals surface area contributed by atoms with Crippen LogP contribution in [0.25, 0.3) is 0 Å². The number of carbonyl (C=O) groups is 3. The van der Waals surface area contributed by atoms with E-state index in [0.29, 0.717) is 12.8 Å². The molecule has 0 bridgehead atoms. The van der Waals surface area contributed by atoms with E-state index in [1.807, 2.05) is 25.1 Å². The van der Waals surface area contributed by atoms with E-state index in [2.05, 4.69) is 10.6 Å². The highest BCUT2D eigenvalue weighted by Crippen LogP contribution is 2.05. The lowest BCUT2D eigenvalue weighted by molar-refractivity contribution is -0.142. The molecule has 6 heteroatoms. The molecule has 0 aromatic heterocycles. The van der Waals surface area contributed by atoms with E-state index in [1.165, 1.54) is 6.92 Å². The number of carboxylic acids is 1. The quantitative estimate of drug-likeness (QED) is 0.670. The van der Waals surface area contributed by atoms with Crippen LogP contribution in [0.1, 0.15) is 32.3 Å². The van der Waals surface area contributed by atoms with Gasteiger partial charge in [-0.2, -0.15) is 0 Å². The van der Waals surface area contributed by atoms with E-state index in [9.17, 15) is 19.5 Å². The second kappa shape index (κ2) is 8.81. The summed E-state index contributed by atoms with van der Waals surface area (Å²) in [5.41, 5.74) is 0.821. The first kappa shape index (κ1) is 17.7. The first-order chi connectivity index (χ1) is 10.4. The monoisotopic (exact) mass is 306 g/mol. The van der Waals surface area contributed by atoms with Gasteiger partial charge in [0.25, 0.3) is 0 Å². The maximum Gasteiger partial charge on any atom is 0.326 e. The Hall–Kier alpha value is -2.37. The van der Waals surface area contributed by atoms with Crippen LogP contribution in [-0.4, -0.2) is 35.0 Å². The highest BCUT2D eigenvalue weighted by atomic mass is 16.4. The molecule has 2 atom stereocenters. The van der Waals surface area contributed by atoms with Gasteiger partial charge in [-0.25, -0.2) is 4.79 Å². The average Bonchev–Trinajstić information content (AvgIpc) is 2.46. The molecule has 6 nitrogen and oxygen atoms in total. The van der Waals surface area contributed by atoms with Crippen LogP contribution in [0, 0.1) is 0 Å². The Balaban J connectivity index is 2.74. The van der Waals surface area contributed by atoms with Crippen LogP contribution >= 0.6 is 0 Å². The van der Waals surface area contributed by atoms with Crippen LogP contribution in [-0.2, 0) is 20.8 Å². The Kier molecular flexibility index (Phi) is 7.08. The molecule has 0 aliphatic rings. The Bertz CT molecular complexity index is 516. The van der Waals surface area contributed by atoms with Crippen molar-refractivity contribution in [2.75, 3.05) is 0 Å². The Labute approximate surface area is 129 Å². The van der Waals surface area contributed by atoms with E-state index in [-0.39, 0.29) is 12.3 Å². The second-order valence-electron chi connectivity index (χ2n) is 5.13. The third kappa shape index (κ3) is 5.95. The molecule has 1 aromatic rings. The van der Waals surface area contributed by atoms with Crippen LogP contribution in [0.15, 0.2) is 30.3 Å². The standard InChI is InChI=1S/C16H22N2O4/c1-3-7-13(17-11(2)19)15(20)18-14(16(21)22)10-12-8-5-4-6-9-12/h4-6,8-9,13-14H,3,7,10H2,1-2H3,(H,17,19)(H,18,20)(H,21,22)/t13-,14-/m0/s1. The third-order valence-corrected chi connectivity index (χ3v) is 3.17. The van der Waals surface area contributed by atoms with Gasteiger partial charge in [0, 0.05) is 13.3 Å². The molecule has 0 saturated carbocycles. The lowest BCUT2D eigenvalue weighted by atomic mass is 10.0. The summed E-state index contributed by atoms with van der Waals surface area (Å²) in [5.74, 6) is -1.89. The number of rotatable bonds is 8. The fourth-order valence-electron chi connectivity index (χ4n) is 2.13. The zero-order chi connectivity index (χ0) is 16.5. The predicted octanol–water partition coefficient (Wildman–Crippen LogP) is 1.10. The maximum atomic E-state index is 12.2. The van der Waals surface area contributed by atoms with E-state index in [0.717, 1.165) is 5.56 Å². The van der Waals surface area contributed by atoms with Gasteiger partial charge in [-0.1, -0.05) is 43.7 Å². The predicted molar refractivity (Wildman–Crippen MR) is 82.2 cm³/mol. The smallest absolute Gasteiger partial charge is 0.326 e. The highest BCUT2D eigenvalue weighted by Gasteiger charge is 2.25. The SMILES string of the molecule is CCC[C@H](NC(C)=O)C(=O)N[C@@H](Cc1ccccc1)C(=O)O. The first-order valence-electron chi connectivity index (χ1n) is 7.28. The number of hydrogen-bond acceptors (Lipinski definition) is 3. The number of aliphatic carboxylic acids is 1. The maximum absolute atomic E-state index is 12.2. The van der Waals surface area contributed by atoms with Crippen molar-refractivity contribution in [1.29, 1.82) is 0 Å². The van der Waals surface area contributed by atoms with Crippen molar-refractivity contribution in [3.8, 4) is 0 Å². The molecule has 0 aliphatic heterocycles. The lowest BCUT2D eigenvalue weighted by Crippen LogP contribution is -2.51. The van der Waals surface area contributed by atoms with Crippen LogP contribution in [0.4, 0.5) is 0 Å². The van der Waals surface area contributed by atoms with Gasteiger partial charge in [-0.3, -0.25) is 9.59 Å². The molecule has 0 aliphatic carbocycles. The summed E-state index contributed by atoms with van der Waals surface area (Å²) in [4.78, 5) is 34.7. The van der Waals surface area contributed by atoms with Gasteiger partial charge in [0.2, 0.25) is 11.8 Å². The highest BCUT2D eigenvalue weighted by molar-refractivity contribution is 5.90. The number of carboxylic acid groups (broad SMARTS) is 1. The van der Waals surface area contributed by atoms with Crippen molar-refractivity contribution < 1.29 is 19.5 Å². The molecule has 0 radical (unpaired) electrons. The van der Waals surface area contributed by atoms with Crippen molar-refractivity contribution in [2.45, 2.75) is 45.2 Å². The molecule has 0 spiro atoms. The molecular formula is C16H22N2O4. The van der Waals surface area contributed by atoms with Crippen molar-refractivity contribution in [3.63, 3.8) is 0 Å². The van der Waals surface area contributed by atoms with E-state index < -0.39 is 24.0 Å². The third-order valence-electron chi connectivity index (χ3n) is 3.17. The summed E-state index contributed by atoms with van der Waals surface area (Å²) in [6, 6.07) is 7.34. The van der Waals surface area contributed by atoms with Crippen molar-refractivity contribution in [2.24, 2.45) is 0 Å². The number of hydrogen-bond donors (Lipinski definition) is 3. The van der Waals surface area contributed by atoms with Gasteiger partial charge >= 0.3 is 5.97 Å². The molecule has 0 heterocycles. The Morgan fingerprint density at radius 1 is 1.09 bits per heavy atom. The number of amides is 2. The van der Waals surface area contributed by atoms with Gasteiger partial charge < -0.3 is 15.7 Å². The first-order valence-corrected chi connectivity index (χ1v) is 7.28. The largest absolute Gasteiger partial charge is 0.480 e. The second-order valence-corrected chi connectivity index (χ2v) is 5.13. The van der Waals surface area contributed by atoms with Gasteiger partial charge in [0.1, 0.15) is 12.1 Å². The normalized spacial score (nSPS) is 13.0. The fourth-order valence-corrected chi connectivity index (χ4v) is 2.13. The topological polar surface area (TPSA) is 95.5 Å². The van der Waals surface area contributed by atoms with Crippen molar-refractivity contribution in [3.05, 3.63) is 35.9 Å².